The van der Waals surface area contributed by atoms with Crippen LogP contribution in [-0.4, -0.2) is 32.8 Å². The van der Waals surface area contributed by atoms with Crippen LogP contribution in [0.1, 0.15) is 24.8 Å². The van der Waals surface area contributed by atoms with Crippen LogP contribution in [-0.2, 0) is 4.79 Å². The van der Waals surface area contributed by atoms with E-state index in [0.717, 1.165) is 30.1 Å². The Morgan fingerprint density at radius 2 is 1.62 bits per heavy atom. The van der Waals surface area contributed by atoms with E-state index < -0.39 is 0 Å². The van der Waals surface area contributed by atoms with Gasteiger partial charge in [0.25, 0.3) is 0 Å². The molecule has 2 aromatic carbocycles. The van der Waals surface area contributed by atoms with E-state index in [2.05, 4.69) is 5.32 Å². The Hall–Kier alpha value is -2.69. The summed E-state index contributed by atoms with van der Waals surface area (Å²) in [4.78, 5) is 11.8. The maximum atomic E-state index is 11.8. The molecule has 5 nitrogen and oxygen atoms in total. The van der Waals surface area contributed by atoms with Crippen molar-refractivity contribution < 1.29 is 19.0 Å². The Morgan fingerprint density at radius 3 is 2.38 bits per heavy atom. The first-order chi connectivity index (χ1) is 12.7. The van der Waals surface area contributed by atoms with Gasteiger partial charge in [0.05, 0.1) is 20.3 Å². The fourth-order valence-corrected chi connectivity index (χ4v) is 2.42. The SMILES string of the molecule is COc1cccc(OCCNC(=O)CCCCOc2cccc(C)c2)c1. The van der Waals surface area contributed by atoms with E-state index >= 15 is 0 Å². The van der Waals surface area contributed by atoms with Crippen molar-refractivity contribution >= 4 is 5.91 Å². The Labute approximate surface area is 155 Å². The Morgan fingerprint density at radius 1 is 0.923 bits per heavy atom. The minimum absolute atomic E-state index is 0.0368. The topological polar surface area (TPSA) is 56.8 Å². The Bertz CT molecular complexity index is 687. The van der Waals surface area contributed by atoms with E-state index in [4.69, 9.17) is 14.2 Å². The molecule has 1 N–H and O–H groups in total. The number of benzene rings is 2. The van der Waals surface area contributed by atoms with Crippen molar-refractivity contribution in [1.82, 2.24) is 5.32 Å². The fraction of sp³-hybridized carbons (Fsp3) is 0.381. The summed E-state index contributed by atoms with van der Waals surface area (Å²) in [6.45, 7) is 3.57. The van der Waals surface area contributed by atoms with Gasteiger partial charge in [-0.05, 0) is 49.6 Å². The van der Waals surface area contributed by atoms with Gasteiger partial charge in [-0.2, -0.15) is 0 Å². The lowest BCUT2D eigenvalue weighted by Crippen LogP contribution is -2.27. The van der Waals surface area contributed by atoms with E-state index in [1.165, 1.54) is 5.56 Å². The summed E-state index contributed by atoms with van der Waals surface area (Å²) in [7, 11) is 1.62. The molecule has 0 aliphatic carbocycles. The molecule has 0 saturated carbocycles. The largest absolute Gasteiger partial charge is 0.497 e. The summed E-state index contributed by atoms with van der Waals surface area (Å²) in [5, 5.41) is 2.86. The van der Waals surface area contributed by atoms with Crippen LogP contribution in [0.4, 0.5) is 0 Å². The third kappa shape index (κ3) is 7.47. The molecule has 140 valence electrons. The zero-order chi connectivity index (χ0) is 18.6. The van der Waals surface area contributed by atoms with E-state index in [1.54, 1.807) is 7.11 Å². The highest BCUT2D eigenvalue weighted by atomic mass is 16.5. The van der Waals surface area contributed by atoms with E-state index in [1.807, 2.05) is 55.5 Å². The lowest BCUT2D eigenvalue weighted by atomic mass is 10.2. The number of ether oxygens (including phenoxy) is 3. The number of carbonyl (C=O) groups is 1. The van der Waals surface area contributed by atoms with Crippen LogP contribution < -0.4 is 19.5 Å². The molecule has 0 fully saturated rings. The molecule has 0 aliphatic heterocycles. The zero-order valence-electron chi connectivity index (χ0n) is 15.5. The summed E-state index contributed by atoms with van der Waals surface area (Å²) in [6, 6.07) is 15.4. The van der Waals surface area contributed by atoms with E-state index in [0.29, 0.717) is 26.2 Å². The average Bonchev–Trinajstić information content (AvgIpc) is 2.65. The van der Waals surface area contributed by atoms with Gasteiger partial charge in [-0.3, -0.25) is 4.79 Å². The molecule has 0 spiro atoms. The summed E-state index contributed by atoms with van der Waals surface area (Å²) >= 11 is 0. The summed E-state index contributed by atoms with van der Waals surface area (Å²) in [5.41, 5.74) is 1.18. The number of aryl methyl sites for hydroxylation is 1. The third-order valence-corrected chi connectivity index (χ3v) is 3.79. The smallest absolute Gasteiger partial charge is 0.220 e. The molecular weight excluding hydrogens is 330 g/mol. The van der Waals surface area contributed by atoms with Crippen LogP contribution >= 0.6 is 0 Å². The van der Waals surface area contributed by atoms with Gasteiger partial charge in [0.15, 0.2) is 0 Å². The number of methoxy groups -OCH3 is 1. The fourth-order valence-electron chi connectivity index (χ4n) is 2.42. The average molecular weight is 357 g/mol. The van der Waals surface area contributed by atoms with Gasteiger partial charge in [0, 0.05) is 12.5 Å². The first-order valence-corrected chi connectivity index (χ1v) is 8.90. The van der Waals surface area contributed by atoms with Gasteiger partial charge in [-0.1, -0.05) is 18.2 Å². The predicted octanol–water partition coefficient (Wildman–Crippen LogP) is 3.75. The highest BCUT2D eigenvalue weighted by molar-refractivity contribution is 5.75. The van der Waals surface area contributed by atoms with Crippen LogP contribution in [0.2, 0.25) is 0 Å². The van der Waals surface area contributed by atoms with Crippen LogP contribution in [0.3, 0.4) is 0 Å². The highest BCUT2D eigenvalue weighted by Gasteiger charge is 2.02. The highest BCUT2D eigenvalue weighted by Crippen LogP contribution is 2.18. The third-order valence-electron chi connectivity index (χ3n) is 3.79. The van der Waals surface area contributed by atoms with Gasteiger partial charge < -0.3 is 19.5 Å². The van der Waals surface area contributed by atoms with Crippen molar-refractivity contribution in [2.24, 2.45) is 0 Å². The summed E-state index contributed by atoms with van der Waals surface area (Å²) in [5.74, 6) is 2.39. The van der Waals surface area contributed by atoms with Crippen molar-refractivity contribution in [3.8, 4) is 17.2 Å². The van der Waals surface area contributed by atoms with Gasteiger partial charge >= 0.3 is 0 Å². The molecule has 0 saturated heterocycles. The first kappa shape index (κ1) is 19.6. The van der Waals surface area contributed by atoms with Crippen LogP contribution in [0.15, 0.2) is 48.5 Å². The molecular formula is C21H27NO4. The van der Waals surface area contributed by atoms with Crippen LogP contribution in [0.5, 0.6) is 17.2 Å². The predicted molar refractivity (Wildman–Crippen MR) is 102 cm³/mol. The summed E-state index contributed by atoms with van der Waals surface area (Å²) in [6.07, 6.45) is 2.15. The zero-order valence-corrected chi connectivity index (χ0v) is 15.5. The van der Waals surface area contributed by atoms with Crippen molar-refractivity contribution in [1.29, 1.82) is 0 Å². The van der Waals surface area contributed by atoms with Gasteiger partial charge in [0.2, 0.25) is 5.91 Å². The molecule has 2 aromatic rings. The standard InChI is InChI=1S/C21H27NO4/c1-17-7-5-9-19(15-17)25-13-4-3-11-21(23)22-12-14-26-20-10-6-8-18(16-20)24-2/h5-10,15-16H,3-4,11-14H2,1-2H3,(H,22,23). The molecule has 0 heterocycles. The first-order valence-electron chi connectivity index (χ1n) is 8.90. The maximum absolute atomic E-state index is 11.8. The molecule has 1 amide bonds. The van der Waals surface area contributed by atoms with Crippen molar-refractivity contribution in [3.63, 3.8) is 0 Å². The van der Waals surface area contributed by atoms with Crippen molar-refractivity contribution in [2.75, 3.05) is 26.9 Å². The normalized spacial score (nSPS) is 10.2. The second kappa shape index (κ2) is 11.0. The molecule has 0 aromatic heterocycles. The minimum atomic E-state index is 0.0368. The quantitative estimate of drug-likeness (QED) is 0.622. The van der Waals surface area contributed by atoms with Crippen LogP contribution in [0, 0.1) is 6.92 Å². The summed E-state index contributed by atoms with van der Waals surface area (Å²) < 4.78 is 16.4. The number of rotatable bonds is 11. The number of hydrogen-bond acceptors (Lipinski definition) is 4. The van der Waals surface area contributed by atoms with E-state index in [-0.39, 0.29) is 5.91 Å². The van der Waals surface area contributed by atoms with Gasteiger partial charge in [-0.25, -0.2) is 0 Å². The number of hydrogen-bond donors (Lipinski definition) is 1. The molecule has 0 aliphatic rings. The number of amides is 1. The molecule has 26 heavy (non-hydrogen) atoms. The van der Waals surface area contributed by atoms with Gasteiger partial charge in [0.1, 0.15) is 23.9 Å². The lowest BCUT2D eigenvalue weighted by molar-refractivity contribution is -0.121. The second-order valence-electron chi connectivity index (χ2n) is 6.00. The van der Waals surface area contributed by atoms with Crippen LogP contribution in [0.25, 0.3) is 0 Å². The molecule has 0 radical (unpaired) electrons. The van der Waals surface area contributed by atoms with Gasteiger partial charge in [-0.15, -0.1) is 0 Å². The Kier molecular flexibility index (Phi) is 8.33. The maximum Gasteiger partial charge on any atom is 0.220 e. The van der Waals surface area contributed by atoms with E-state index in [9.17, 15) is 4.79 Å². The molecule has 5 heteroatoms. The lowest BCUT2D eigenvalue weighted by Gasteiger charge is -2.09. The second-order valence-corrected chi connectivity index (χ2v) is 6.00. The molecule has 2 rings (SSSR count). The number of nitrogens with one attached hydrogen (secondary N) is 1. The monoisotopic (exact) mass is 357 g/mol. The molecule has 0 atom stereocenters. The minimum Gasteiger partial charge on any atom is -0.497 e. The number of unbranched alkanes of at least 4 members (excludes halogenated alkanes) is 1. The van der Waals surface area contributed by atoms with Crippen molar-refractivity contribution in [2.45, 2.75) is 26.2 Å². The number of carbonyl (C=O) groups excluding carboxylic acids is 1. The molecule has 0 bridgehead atoms. The van der Waals surface area contributed by atoms with Crippen molar-refractivity contribution in [3.05, 3.63) is 54.1 Å². The Balaban J connectivity index is 1.51. The molecule has 0 unspecified atom stereocenters.